The lowest BCUT2D eigenvalue weighted by molar-refractivity contribution is -0.113. The SMILES string of the molecule is CCC(=O)C1=NCCO1. The molecule has 0 aromatic carbocycles. The lowest BCUT2D eigenvalue weighted by Gasteiger charge is -1.94. The molecule has 0 atom stereocenters. The van der Waals surface area contributed by atoms with Crippen LogP contribution in [0.15, 0.2) is 4.99 Å². The Balaban J connectivity index is 2.51. The van der Waals surface area contributed by atoms with Gasteiger partial charge in [0.1, 0.15) is 6.61 Å². The quantitative estimate of drug-likeness (QED) is 0.538. The van der Waals surface area contributed by atoms with Crippen LogP contribution in [0.2, 0.25) is 0 Å². The number of carbonyl (C=O) groups excluding carboxylic acids is 1. The highest BCUT2D eigenvalue weighted by molar-refractivity contribution is 6.36. The van der Waals surface area contributed by atoms with Crippen LogP contribution in [0.4, 0.5) is 0 Å². The third kappa shape index (κ3) is 1.28. The van der Waals surface area contributed by atoms with Gasteiger partial charge in [-0.15, -0.1) is 0 Å². The summed E-state index contributed by atoms with van der Waals surface area (Å²) in [5.41, 5.74) is 0. The molecule has 0 saturated heterocycles. The Hall–Kier alpha value is -0.860. The van der Waals surface area contributed by atoms with E-state index in [4.69, 9.17) is 4.74 Å². The van der Waals surface area contributed by atoms with Crippen molar-refractivity contribution in [1.82, 2.24) is 0 Å². The highest BCUT2D eigenvalue weighted by Crippen LogP contribution is 1.96. The van der Waals surface area contributed by atoms with Crippen LogP contribution in [0.25, 0.3) is 0 Å². The fraction of sp³-hybridized carbons (Fsp3) is 0.667. The molecule has 0 radical (unpaired) electrons. The first-order valence-electron chi connectivity index (χ1n) is 3.05. The molecule has 50 valence electrons. The van der Waals surface area contributed by atoms with E-state index in [1.54, 1.807) is 6.92 Å². The van der Waals surface area contributed by atoms with Crippen LogP contribution in [0, 0.1) is 0 Å². The normalized spacial score (nSPS) is 16.8. The van der Waals surface area contributed by atoms with E-state index >= 15 is 0 Å². The molecule has 1 rings (SSSR count). The van der Waals surface area contributed by atoms with Crippen LogP contribution in [-0.4, -0.2) is 24.8 Å². The zero-order valence-electron chi connectivity index (χ0n) is 5.39. The molecule has 1 aliphatic rings. The number of hydrogen-bond donors (Lipinski definition) is 0. The Bertz CT molecular complexity index is 151. The van der Waals surface area contributed by atoms with Gasteiger partial charge in [0.2, 0.25) is 5.78 Å². The molecule has 0 bridgehead atoms. The van der Waals surface area contributed by atoms with Crippen LogP contribution in [0.3, 0.4) is 0 Å². The average Bonchev–Trinajstić information content (AvgIpc) is 2.37. The number of Topliss-reactive ketones (excluding diaryl/α,β-unsaturated/α-hetero) is 1. The van der Waals surface area contributed by atoms with Crippen LogP contribution in [-0.2, 0) is 9.53 Å². The molecule has 0 N–H and O–H groups in total. The van der Waals surface area contributed by atoms with Gasteiger partial charge in [-0.05, 0) is 0 Å². The summed E-state index contributed by atoms with van der Waals surface area (Å²) in [6, 6.07) is 0. The lowest BCUT2D eigenvalue weighted by atomic mass is 10.3. The van der Waals surface area contributed by atoms with Gasteiger partial charge < -0.3 is 4.74 Å². The molecule has 0 saturated carbocycles. The predicted molar refractivity (Wildman–Crippen MR) is 33.6 cm³/mol. The van der Waals surface area contributed by atoms with Gasteiger partial charge in [0, 0.05) is 6.42 Å². The molecule has 9 heavy (non-hydrogen) atoms. The van der Waals surface area contributed by atoms with E-state index in [1.807, 2.05) is 0 Å². The van der Waals surface area contributed by atoms with E-state index < -0.39 is 0 Å². The maximum Gasteiger partial charge on any atom is 0.253 e. The summed E-state index contributed by atoms with van der Waals surface area (Å²) in [5, 5.41) is 0. The lowest BCUT2D eigenvalue weighted by Crippen LogP contribution is -2.12. The molecule has 1 aliphatic heterocycles. The van der Waals surface area contributed by atoms with Crippen molar-refractivity contribution in [2.75, 3.05) is 13.2 Å². The fourth-order valence-electron chi connectivity index (χ4n) is 0.655. The maximum atomic E-state index is 10.8. The highest BCUT2D eigenvalue weighted by atomic mass is 16.5. The molecule has 0 aliphatic carbocycles. The topological polar surface area (TPSA) is 38.7 Å². The Morgan fingerprint density at radius 2 is 2.67 bits per heavy atom. The number of rotatable bonds is 2. The number of carbonyl (C=O) groups is 1. The van der Waals surface area contributed by atoms with Crippen molar-refractivity contribution in [2.45, 2.75) is 13.3 Å². The van der Waals surface area contributed by atoms with Crippen molar-refractivity contribution in [1.29, 1.82) is 0 Å². The van der Waals surface area contributed by atoms with Gasteiger partial charge in [0.05, 0.1) is 6.54 Å². The minimum absolute atomic E-state index is 0.00694. The van der Waals surface area contributed by atoms with Gasteiger partial charge in [-0.3, -0.25) is 4.79 Å². The number of hydrogen-bond acceptors (Lipinski definition) is 3. The summed E-state index contributed by atoms with van der Waals surface area (Å²) in [5.74, 6) is 0.324. The number of ketones is 1. The molecule has 0 unspecified atom stereocenters. The number of ether oxygens (including phenoxy) is 1. The standard InChI is InChI=1S/C6H9NO2/c1-2-5(8)6-7-3-4-9-6/h2-4H2,1H3. The third-order valence-corrected chi connectivity index (χ3v) is 1.15. The second kappa shape index (κ2) is 2.62. The van der Waals surface area contributed by atoms with E-state index in [2.05, 4.69) is 4.99 Å². The summed E-state index contributed by atoms with van der Waals surface area (Å²) >= 11 is 0. The molecule has 0 aromatic rings. The second-order valence-corrected chi connectivity index (χ2v) is 1.81. The van der Waals surface area contributed by atoms with E-state index in [0.29, 0.717) is 25.5 Å². The molecular formula is C6H9NO2. The first kappa shape index (κ1) is 6.26. The zero-order chi connectivity index (χ0) is 6.69. The molecule has 0 amide bonds. The Labute approximate surface area is 53.7 Å². The highest BCUT2D eigenvalue weighted by Gasteiger charge is 2.13. The van der Waals surface area contributed by atoms with E-state index in [-0.39, 0.29) is 5.78 Å². The minimum Gasteiger partial charge on any atom is -0.473 e. The van der Waals surface area contributed by atoms with Crippen molar-refractivity contribution in [2.24, 2.45) is 4.99 Å². The van der Waals surface area contributed by atoms with Crippen molar-refractivity contribution in [3.05, 3.63) is 0 Å². The Kier molecular flexibility index (Phi) is 1.82. The summed E-state index contributed by atoms with van der Waals surface area (Å²) in [7, 11) is 0. The van der Waals surface area contributed by atoms with Crippen LogP contribution >= 0.6 is 0 Å². The van der Waals surface area contributed by atoms with Gasteiger partial charge in [0.15, 0.2) is 0 Å². The monoisotopic (exact) mass is 127 g/mol. The Morgan fingerprint density at radius 1 is 1.89 bits per heavy atom. The van der Waals surface area contributed by atoms with Crippen molar-refractivity contribution in [3.63, 3.8) is 0 Å². The fourth-order valence-corrected chi connectivity index (χ4v) is 0.655. The largest absolute Gasteiger partial charge is 0.473 e. The van der Waals surface area contributed by atoms with Gasteiger partial charge in [-0.2, -0.15) is 0 Å². The third-order valence-electron chi connectivity index (χ3n) is 1.15. The molecule has 0 fully saturated rings. The van der Waals surface area contributed by atoms with Crippen LogP contribution in [0.5, 0.6) is 0 Å². The predicted octanol–water partition coefficient (Wildman–Crippen LogP) is 0.394. The van der Waals surface area contributed by atoms with Gasteiger partial charge in [-0.1, -0.05) is 6.92 Å². The van der Waals surface area contributed by atoms with E-state index in [0.717, 1.165) is 0 Å². The molecule has 1 heterocycles. The van der Waals surface area contributed by atoms with Crippen LogP contribution in [0.1, 0.15) is 13.3 Å². The smallest absolute Gasteiger partial charge is 0.253 e. The van der Waals surface area contributed by atoms with Gasteiger partial charge in [0.25, 0.3) is 5.90 Å². The first-order chi connectivity index (χ1) is 4.34. The molecule has 0 aromatic heterocycles. The average molecular weight is 127 g/mol. The first-order valence-corrected chi connectivity index (χ1v) is 3.05. The second-order valence-electron chi connectivity index (χ2n) is 1.81. The van der Waals surface area contributed by atoms with Crippen molar-refractivity contribution < 1.29 is 9.53 Å². The molecular weight excluding hydrogens is 118 g/mol. The zero-order valence-corrected chi connectivity index (χ0v) is 5.39. The Morgan fingerprint density at radius 3 is 3.11 bits per heavy atom. The van der Waals surface area contributed by atoms with Gasteiger partial charge in [-0.25, -0.2) is 4.99 Å². The molecule has 0 spiro atoms. The van der Waals surface area contributed by atoms with Crippen LogP contribution < -0.4 is 0 Å². The van der Waals surface area contributed by atoms with E-state index in [9.17, 15) is 4.79 Å². The maximum absolute atomic E-state index is 10.8. The summed E-state index contributed by atoms with van der Waals surface area (Å²) in [6.07, 6.45) is 0.485. The molecule has 3 nitrogen and oxygen atoms in total. The summed E-state index contributed by atoms with van der Waals surface area (Å²) in [4.78, 5) is 14.6. The summed E-state index contributed by atoms with van der Waals surface area (Å²) < 4.78 is 4.91. The molecule has 3 heteroatoms. The van der Waals surface area contributed by atoms with Crippen molar-refractivity contribution in [3.8, 4) is 0 Å². The van der Waals surface area contributed by atoms with E-state index in [1.165, 1.54) is 0 Å². The summed E-state index contributed by atoms with van der Waals surface area (Å²) in [6.45, 7) is 3.01. The van der Waals surface area contributed by atoms with Crippen molar-refractivity contribution >= 4 is 11.7 Å². The number of aliphatic imine (C=N–C) groups is 1. The van der Waals surface area contributed by atoms with Gasteiger partial charge >= 0.3 is 0 Å². The minimum atomic E-state index is 0.00694. The number of nitrogens with zero attached hydrogens (tertiary/aromatic N) is 1.